The Balaban J connectivity index is 1.82. The number of hydrogen-bond donors (Lipinski definition) is 0. The molecule has 2 amide bonds. The van der Waals surface area contributed by atoms with Crippen LogP contribution in [0.4, 0.5) is 11.4 Å². The third-order valence-electron chi connectivity index (χ3n) is 7.15. The summed E-state index contributed by atoms with van der Waals surface area (Å²) in [6.07, 6.45) is 12.8. The molecule has 0 saturated carbocycles. The van der Waals surface area contributed by atoms with Gasteiger partial charge in [-0.15, -0.1) is 6.58 Å². The van der Waals surface area contributed by atoms with Gasteiger partial charge in [0.15, 0.2) is 0 Å². The molecule has 0 N–H and O–H groups in total. The fourth-order valence-corrected chi connectivity index (χ4v) is 5.11. The van der Waals surface area contributed by atoms with Crippen LogP contribution in [0, 0.1) is 11.3 Å². The molecular weight excluding hydrogens is 420 g/mol. The van der Waals surface area contributed by atoms with Crippen LogP contribution in [0.25, 0.3) is 0 Å². The molecule has 0 radical (unpaired) electrons. The van der Waals surface area contributed by atoms with Crippen LogP contribution in [-0.2, 0) is 9.59 Å². The molecule has 1 saturated heterocycles. The van der Waals surface area contributed by atoms with E-state index in [9.17, 15) is 9.59 Å². The van der Waals surface area contributed by atoms with Crippen molar-refractivity contribution in [1.29, 1.82) is 0 Å². The average molecular weight is 461 g/mol. The molecule has 4 nitrogen and oxygen atoms in total. The van der Waals surface area contributed by atoms with Crippen molar-refractivity contribution in [2.24, 2.45) is 11.3 Å². The van der Waals surface area contributed by atoms with Crippen LogP contribution >= 0.6 is 0 Å². The predicted molar refractivity (Wildman–Crippen MR) is 141 cm³/mol. The van der Waals surface area contributed by atoms with Gasteiger partial charge in [-0.05, 0) is 43.0 Å². The lowest BCUT2D eigenvalue weighted by Crippen LogP contribution is -2.42. The number of nitrogens with zero attached hydrogens (tertiary/aromatic N) is 2. The highest BCUT2D eigenvalue weighted by atomic mass is 16.2. The number of amides is 2. The van der Waals surface area contributed by atoms with Gasteiger partial charge in [0, 0.05) is 0 Å². The predicted octanol–water partition coefficient (Wildman–Crippen LogP) is 7.71. The zero-order valence-electron chi connectivity index (χ0n) is 20.9. The number of unbranched alkanes of at least 4 members (excludes halogenated alkanes) is 7. The highest BCUT2D eigenvalue weighted by molar-refractivity contribution is 6.26. The Bertz CT molecular complexity index is 868. The van der Waals surface area contributed by atoms with Crippen molar-refractivity contribution in [3.8, 4) is 0 Å². The number of para-hydroxylation sites is 2. The molecule has 1 aliphatic rings. The number of hydrazine groups is 1. The molecule has 34 heavy (non-hydrogen) atoms. The number of allylic oxidation sites excluding steroid dienone is 1. The average Bonchev–Trinajstić information content (AvgIpc) is 3.09. The zero-order chi connectivity index (χ0) is 24.4. The van der Waals surface area contributed by atoms with Gasteiger partial charge in [0.05, 0.1) is 11.4 Å². The summed E-state index contributed by atoms with van der Waals surface area (Å²) in [6.45, 7) is 8.23. The number of rotatable bonds is 14. The van der Waals surface area contributed by atoms with Crippen molar-refractivity contribution in [3.05, 3.63) is 73.3 Å². The van der Waals surface area contributed by atoms with Gasteiger partial charge in [-0.1, -0.05) is 108 Å². The van der Waals surface area contributed by atoms with E-state index in [2.05, 4.69) is 20.4 Å². The van der Waals surface area contributed by atoms with Crippen LogP contribution in [0.5, 0.6) is 0 Å². The normalized spacial score (nSPS) is 16.2. The van der Waals surface area contributed by atoms with Crippen molar-refractivity contribution in [1.82, 2.24) is 0 Å². The minimum Gasteiger partial charge on any atom is -0.271 e. The van der Waals surface area contributed by atoms with E-state index >= 15 is 0 Å². The molecular formula is C30H40N2O2. The van der Waals surface area contributed by atoms with Gasteiger partial charge < -0.3 is 0 Å². The van der Waals surface area contributed by atoms with Crippen LogP contribution in [0.2, 0.25) is 0 Å². The second kappa shape index (κ2) is 12.5. The minimum absolute atomic E-state index is 0.0782. The second-order valence-corrected chi connectivity index (χ2v) is 9.53. The minimum atomic E-state index is -1.13. The summed E-state index contributed by atoms with van der Waals surface area (Å²) in [4.78, 5) is 28.2. The first-order valence-corrected chi connectivity index (χ1v) is 13.0. The standard InChI is InChI=1S/C30H40N2O2/c1-4-6-7-8-9-10-11-14-19-25(3)30(24-5-2)28(33)31(26-20-15-12-16-21-26)32(29(30)34)27-22-17-13-18-23-27/h5,12-13,15-18,20-23,25H,2,4,6-11,14,19,24H2,1,3H3. The largest absolute Gasteiger partial charge is 0.271 e. The van der Waals surface area contributed by atoms with Gasteiger partial charge >= 0.3 is 0 Å². The van der Waals surface area contributed by atoms with Gasteiger partial charge in [0.2, 0.25) is 0 Å². The summed E-state index contributed by atoms with van der Waals surface area (Å²) in [5, 5.41) is 3.15. The molecule has 0 aromatic heterocycles. The molecule has 4 heteroatoms. The van der Waals surface area contributed by atoms with Crippen molar-refractivity contribution in [3.63, 3.8) is 0 Å². The second-order valence-electron chi connectivity index (χ2n) is 9.53. The molecule has 1 heterocycles. The summed E-state index contributed by atoms with van der Waals surface area (Å²) in [5.41, 5.74) is 0.277. The van der Waals surface area contributed by atoms with E-state index < -0.39 is 5.41 Å². The Kier molecular flexibility index (Phi) is 9.50. The highest BCUT2D eigenvalue weighted by Gasteiger charge is 2.61. The Hall–Kier alpha value is -2.88. The number of carbonyl (C=O) groups excluding carboxylic acids is 2. The van der Waals surface area contributed by atoms with Crippen LogP contribution in [0.1, 0.15) is 78.1 Å². The lowest BCUT2D eigenvalue weighted by Gasteiger charge is -2.29. The highest BCUT2D eigenvalue weighted by Crippen LogP contribution is 2.47. The Morgan fingerprint density at radius 3 is 1.65 bits per heavy atom. The summed E-state index contributed by atoms with van der Waals surface area (Å²) in [7, 11) is 0. The fourth-order valence-electron chi connectivity index (χ4n) is 5.11. The van der Waals surface area contributed by atoms with Crippen LogP contribution in [-0.4, -0.2) is 11.8 Å². The number of anilines is 2. The van der Waals surface area contributed by atoms with E-state index in [-0.39, 0.29) is 17.7 Å². The van der Waals surface area contributed by atoms with Crippen molar-refractivity contribution < 1.29 is 9.59 Å². The molecule has 1 fully saturated rings. The van der Waals surface area contributed by atoms with Crippen LogP contribution < -0.4 is 10.0 Å². The van der Waals surface area contributed by atoms with E-state index in [1.54, 1.807) is 16.1 Å². The van der Waals surface area contributed by atoms with Crippen molar-refractivity contribution in [2.75, 3.05) is 10.0 Å². The molecule has 3 rings (SSSR count). The quantitative estimate of drug-likeness (QED) is 0.164. The lowest BCUT2D eigenvalue weighted by atomic mass is 9.70. The molecule has 0 aliphatic carbocycles. The van der Waals surface area contributed by atoms with E-state index in [4.69, 9.17) is 0 Å². The molecule has 182 valence electrons. The Morgan fingerprint density at radius 2 is 1.21 bits per heavy atom. The third-order valence-corrected chi connectivity index (χ3v) is 7.15. The van der Waals surface area contributed by atoms with Crippen LogP contribution in [0.3, 0.4) is 0 Å². The van der Waals surface area contributed by atoms with Crippen molar-refractivity contribution in [2.45, 2.75) is 78.1 Å². The van der Waals surface area contributed by atoms with Gasteiger partial charge in [0.1, 0.15) is 5.41 Å². The van der Waals surface area contributed by atoms with E-state index in [1.807, 2.05) is 60.7 Å². The van der Waals surface area contributed by atoms with Gasteiger partial charge in [-0.3, -0.25) is 9.59 Å². The Morgan fingerprint density at radius 1 is 0.765 bits per heavy atom. The summed E-state index contributed by atoms with van der Waals surface area (Å²) >= 11 is 0. The maximum Gasteiger partial charge on any atom is 0.262 e. The molecule has 1 atom stereocenters. The first-order valence-electron chi connectivity index (χ1n) is 13.0. The lowest BCUT2D eigenvalue weighted by molar-refractivity contribution is -0.138. The first-order chi connectivity index (χ1) is 16.6. The van der Waals surface area contributed by atoms with E-state index in [0.717, 1.165) is 19.3 Å². The molecule has 2 aromatic rings. The number of benzene rings is 2. The maximum absolute atomic E-state index is 14.1. The summed E-state index contributed by atoms with van der Waals surface area (Å²) < 4.78 is 0. The van der Waals surface area contributed by atoms with E-state index in [1.165, 1.54) is 38.5 Å². The monoisotopic (exact) mass is 460 g/mol. The Labute approximate surface area is 205 Å². The third kappa shape index (κ3) is 5.43. The fraction of sp³-hybridized carbons (Fsp3) is 0.467. The smallest absolute Gasteiger partial charge is 0.262 e. The van der Waals surface area contributed by atoms with Gasteiger partial charge in [0.25, 0.3) is 11.8 Å². The van der Waals surface area contributed by atoms with Crippen LogP contribution in [0.15, 0.2) is 73.3 Å². The molecule has 2 aromatic carbocycles. The maximum atomic E-state index is 14.1. The molecule has 1 aliphatic heterocycles. The van der Waals surface area contributed by atoms with Gasteiger partial charge in [-0.25, -0.2) is 10.0 Å². The molecule has 1 unspecified atom stereocenters. The number of carbonyl (C=O) groups is 2. The summed E-state index contributed by atoms with van der Waals surface area (Å²) in [6, 6.07) is 19.0. The van der Waals surface area contributed by atoms with Gasteiger partial charge in [-0.2, -0.15) is 0 Å². The SMILES string of the molecule is C=CCC1(C(C)CCCCCCCCCC)C(=O)N(c2ccccc2)N(c2ccccc2)C1=O. The number of hydrogen-bond acceptors (Lipinski definition) is 2. The van der Waals surface area contributed by atoms with E-state index in [0.29, 0.717) is 17.8 Å². The zero-order valence-corrected chi connectivity index (χ0v) is 20.9. The molecule has 0 bridgehead atoms. The van der Waals surface area contributed by atoms with Crippen molar-refractivity contribution >= 4 is 23.2 Å². The first kappa shape index (κ1) is 25.7. The summed E-state index contributed by atoms with van der Waals surface area (Å²) in [5.74, 6) is -0.385. The molecule has 0 spiro atoms. The topological polar surface area (TPSA) is 40.6 Å².